The van der Waals surface area contributed by atoms with Crippen LogP contribution in [0.15, 0.2) is 0 Å². The van der Waals surface area contributed by atoms with E-state index in [1.807, 2.05) is 0 Å². The lowest BCUT2D eigenvalue weighted by atomic mass is 9.95. The molecule has 0 aromatic carbocycles. The van der Waals surface area contributed by atoms with Gasteiger partial charge in [-0.25, -0.2) is 0 Å². The van der Waals surface area contributed by atoms with Crippen molar-refractivity contribution in [2.24, 2.45) is 11.8 Å². The van der Waals surface area contributed by atoms with Crippen LogP contribution < -0.4 is 0 Å². The monoisotopic (exact) mass is 242 g/mol. The first-order valence-electron chi connectivity index (χ1n) is 4.12. The summed E-state index contributed by atoms with van der Waals surface area (Å²) < 4.78 is 40.7. The highest BCUT2D eigenvalue weighted by molar-refractivity contribution is 7.75. The zero-order valence-electron chi connectivity index (χ0n) is 7.25. The summed E-state index contributed by atoms with van der Waals surface area (Å²) in [4.78, 5) is 0. The van der Waals surface area contributed by atoms with Gasteiger partial charge in [0.05, 0.1) is 26.4 Å². The highest BCUT2D eigenvalue weighted by Crippen LogP contribution is 2.22. The minimum Gasteiger partial charge on any atom is -0.268 e. The summed E-state index contributed by atoms with van der Waals surface area (Å²) in [5, 5.41) is 0. The fourth-order valence-corrected chi connectivity index (χ4v) is 2.56. The van der Waals surface area contributed by atoms with Crippen molar-refractivity contribution in [2.75, 3.05) is 26.4 Å². The van der Waals surface area contributed by atoms with Crippen LogP contribution in [-0.2, 0) is 39.5 Å². The third kappa shape index (κ3) is 2.59. The van der Waals surface area contributed by atoms with Crippen LogP contribution in [0.3, 0.4) is 0 Å². The Morgan fingerprint density at radius 3 is 1.29 bits per heavy atom. The SMILES string of the molecule is O=S1OCC(C2COS(=O)OC2)CO1. The molecule has 0 amide bonds. The Balaban J connectivity index is 1.83. The van der Waals surface area contributed by atoms with Crippen molar-refractivity contribution in [3.8, 4) is 0 Å². The topological polar surface area (TPSA) is 71.1 Å². The summed E-state index contributed by atoms with van der Waals surface area (Å²) >= 11 is -3.23. The van der Waals surface area contributed by atoms with Gasteiger partial charge in [0.15, 0.2) is 0 Å². The van der Waals surface area contributed by atoms with E-state index in [-0.39, 0.29) is 11.8 Å². The molecule has 2 fully saturated rings. The second kappa shape index (κ2) is 4.77. The summed E-state index contributed by atoms with van der Waals surface area (Å²) in [6.07, 6.45) is 0. The molecule has 0 aromatic heterocycles. The molecule has 14 heavy (non-hydrogen) atoms. The molecule has 2 heterocycles. The maximum Gasteiger partial charge on any atom is 0.304 e. The van der Waals surface area contributed by atoms with Crippen LogP contribution in [0.4, 0.5) is 0 Å². The van der Waals surface area contributed by atoms with E-state index in [1.165, 1.54) is 0 Å². The molecule has 0 saturated carbocycles. The predicted molar refractivity (Wildman–Crippen MR) is 47.1 cm³/mol. The van der Waals surface area contributed by atoms with E-state index in [2.05, 4.69) is 0 Å². The highest BCUT2D eigenvalue weighted by Gasteiger charge is 2.31. The van der Waals surface area contributed by atoms with Crippen LogP contribution in [0.5, 0.6) is 0 Å². The first-order valence-corrected chi connectivity index (χ1v) is 6.12. The minimum atomic E-state index is -1.61. The quantitative estimate of drug-likeness (QED) is 0.615. The Kier molecular flexibility index (Phi) is 3.63. The number of hydrogen-bond donors (Lipinski definition) is 0. The molecular weight excluding hydrogens is 232 g/mol. The molecule has 2 rings (SSSR count). The van der Waals surface area contributed by atoms with Gasteiger partial charge in [-0.1, -0.05) is 0 Å². The number of hydrogen-bond acceptors (Lipinski definition) is 6. The molecule has 0 spiro atoms. The average Bonchev–Trinajstić information content (AvgIpc) is 2.21. The van der Waals surface area contributed by atoms with E-state index >= 15 is 0 Å². The Labute approximate surface area is 86.6 Å². The zero-order chi connectivity index (χ0) is 9.97. The van der Waals surface area contributed by atoms with Crippen molar-refractivity contribution < 1.29 is 25.2 Å². The van der Waals surface area contributed by atoms with Gasteiger partial charge in [-0.3, -0.25) is 16.7 Å². The van der Waals surface area contributed by atoms with Gasteiger partial charge in [0.2, 0.25) is 0 Å². The third-order valence-electron chi connectivity index (χ3n) is 2.18. The Hall–Kier alpha value is 0.140. The predicted octanol–water partition coefficient (Wildman–Crippen LogP) is -0.530. The van der Waals surface area contributed by atoms with Crippen molar-refractivity contribution in [1.29, 1.82) is 0 Å². The number of rotatable bonds is 1. The summed E-state index contributed by atoms with van der Waals surface area (Å²) in [5.41, 5.74) is 0. The van der Waals surface area contributed by atoms with Crippen LogP contribution in [-0.4, -0.2) is 34.8 Å². The molecule has 0 radical (unpaired) electrons. The van der Waals surface area contributed by atoms with E-state index in [0.29, 0.717) is 26.4 Å². The zero-order valence-corrected chi connectivity index (χ0v) is 8.88. The van der Waals surface area contributed by atoms with Gasteiger partial charge >= 0.3 is 22.7 Å². The van der Waals surface area contributed by atoms with E-state index in [4.69, 9.17) is 16.7 Å². The standard InChI is InChI=1S/C6H10O6S2/c7-13-9-1-5(2-10-13)6-3-11-14(8)12-4-6/h5-6H,1-4H2. The second-order valence-corrected chi connectivity index (χ2v) is 4.83. The molecule has 0 atom stereocenters. The minimum absolute atomic E-state index is 0.0880. The summed E-state index contributed by atoms with van der Waals surface area (Å²) in [7, 11) is 0. The molecule has 0 aliphatic carbocycles. The Morgan fingerprint density at radius 2 is 1.00 bits per heavy atom. The van der Waals surface area contributed by atoms with Crippen molar-refractivity contribution in [1.82, 2.24) is 0 Å². The molecule has 82 valence electrons. The maximum atomic E-state index is 10.7. The van der Waals surface area contributed by atoms with Crippen molar-refractivity contribution in [2.45, 2.75) is 0 Å². The van der Waals surface area contributed by atoms with Crippen LogP contribution in [0, 0.1) is 11.8 Å². The first-order chi connectivity index (χ1) is 6.75. The highest BCUT2D eigenvalue weighted by atomic mass is 32.2. The molecule has 2 aliphatic heterocycles. The van der Waals surface area contributed by atoms with Gasteiger partial charge < -0.3 is 0 Å². The second-order valence-electron chi connectivity index (χ2n) is 3.07. The molecule has 6 nitrogen and oxygen atoms in total. The van der Waals surface area contributed by atoms with Crippen molar-refractivity contribution in [3.05, 3.63) is 0 Å². The molecule has 0 bridgehead atoms. The van der Waals surface area contributed by atoms with Crippen LogP contribution >= 0.6 is 0 Å². The average molecular weight is 242 g/mol. The fraction of sp³-hybridized carbons (Fsp3) is 1.00. The van der Waals surface area contributed by atoms with E-state index < -0.39 is 22.7 Å². The van der Waals surface area contributed by atoms with Crippen LogP contribution in [0.25, 0.3) is 0 Å². The molecule has 0 N–H and O–H groups in total. The largest absolute Gasteiger partial charge is 0.304 e. The summed E-state index contributed by atoms with van der Waals surface area (Å²) in [5.74, 6) is 0.176. The molecule has 8 heteroatoms. The first kappa shape index (κ1) is 10.7. The summed E-state index contributed by atoms with van der Waals surface area (Å²) in [6, 6.07) is 0. The van der Waals surface area contributed by atoms with E-state index in [0.717, 1.165) is 0 Å². The molecule has 0 unspecified atom stereocenters. The lowest BCUT2D eigenvalue weighted by molar-refractivity contribution is 0.0240. The van der Waals surface area contributed by atoms with E-state index in [9.17, 15) is 8.42 Å². The van der Waals surface area contributed by atoms with Crippen LogP contribution in [0.1, 0.15) is 0 Å². The van der Waals surface area contributed by atoms with Gasteiger partial charge in [-0.15, -0.1) is 0 Å². The van der Waals surface area contributed by atoms with Crippen LogP contribution in [0.2, 0.25) is 0 Å². The van der Waals surface area contributed by atoms with Gasteiger partial charge in [0.25, 0.3) is 0 Å². The lowest BCUT2D eigenvalue weighted by Gasteiger charge is -2.30. The smallest absolute Gasteiger partial charge is 0.268 e. The molecule has 0 aromatic rings. The maximum absolute atomic E-state index is 10.7. The van der Waals surface area contributed by atoms with Gasteiger partial charge in [0, 0.05) is 11.8 Å². The van der Waals surface area contributed by atoms with Gasteiger partial charge in [-0.05, 0) is 0 Å². The van der Waals surface area contributed by atoms with Gasteiger partial charge in [-0.2, -0.15) is 8.42 Å². The molecule has 2 saturated heterocycles. The summed E-state index contributed by atoms with van der Waals surface area (Å²) in [6.45, 7) is 1.43. The van der Waals surface area contributed by atoms with Crippen molar-refractivity contribution in [3.63, 3.8) is 0 Å². The van der Waals surface area contributed by atoms with Crippen molar-refractivity contribution >= 4 is 22.7 Å². The Bertz CT molecular complexity index is 211. The third-order valence-corrected chi connectivity index (χ3v) is 3.49. The van der Waals surface area contributed by atoms with E-state index in [1.54, 1.807) is 0 Å². The fourth-order valence-electron chi connectivity index (χ4n) is 1.28. The lowest BCUT2D eigenvalue weighted by Crippen LogP contribution is -2.38. The molecule has 2 aliphatic rings. The van der Waals surface area contributed by atoms with Gasteiger partial charge in [0.1, 0.15) is 0 Å². The Morgan fingerprint density at radius 1 is 0.714 bits per heavy atom. The normalized spacial score (nSPS) is 44.9. The molecular formula is C6H10O6S2.